The van der Waals surface area contributed by atoms with Crippen molar-refractivity contribution in [3.05, 3.63) is 60.2 Å². The average molecular weight is 383 g/mol. The molecule has 150 valence electrons. The van der Waals surface area contributed by atoms with Gasteiger partial charge in [0.1, 0.15) is 11.5 Å². The van der Waals surface area contributed by atoms with E-state index in [9.17, 15) is 9.90 Å². The monoisotopic (exact) mass is 383 g/mol. The van der Waals surface area contributed by atoms with Crippen molar-refractivity contribution in [3.63, 3.8) is 0 Å². The van der Waals surface area contributed by atoms with Crippen molar-refractivity contribution in [2.45, 2.75) is 25.7 Å². The highest BCUT2D eigenvalue weighted by molar-refractivity contribution is 5.79. The van der Waals surface area contributed by atoms with Crippen LogP contribution >= 0.6 is 0 Å². The van der Waals surface area contributed by atoms with E-state index in [-0.39, 0.29) is 17.9 Å². The first-order chi connectivity index (χ1) is 13.7. The van der Waals surface area contributed by atoms with Crippen LogP contribution in [-0.4, -0.2) is 49.3 Å². The third-order valence-electron chi connectivity index (χ3n) is 5.53. The van der Waals surface area contributed by atoms with Crippen molar-refractivity contribution in [2.24, 2.45) is 5.41 Å². The van der Waals surface area contributed by atoms with Gasteiger partial charge in [0.05, 0.1) is 26.7 Å². The van der Waals surface area contributed by atoms with Crippen LogP contribution in [0, 0.1) is 5.41 Å². The topological polar surface area (TPSA) is 59.0 Å². The number of aliphatic hydroxyl groups excluding tert-OH is 1. The highest BCUT2D eigenvalue weighted by Crippen LogP contribution is 2.34. The second kappa shape index (κ2) is 9.60. The van der Waals surface area contributed by atoms with Crippen LogP contribution in [-0.2, 0) is 11.2 Å². The molecule has 1 fully saturated rings. The van der Waals surface area contributed by atoms with Gasteiger partial charge in [-0.15, -0.1) is 0 Å². The van der Waals surface area contributed by atoms with Crippen LogP contribution in [0.1, 0.15) is 24.8 Å². The van der Waals surface area contributed by atoms with E-state index in [0.717, 1.165) is 42.9 Å². The number of benzene rings is 2. The Kier molecular flexibility index (Phi) is 6.93. The number of methoxy groups -OCH3 is 1. The molecular weight excluding hydrogens is 354 g/mol. The van der Waals surface area contributed by atoms with Gasteiger partial charge >= 0.3 is 0 Å². The number of hydrogen-bond acceptors (Lipinski definition) is 4. The van der Waals surface area contributed by atoms with Gasteiger partial charge in [-0.25, -0.2) is 0 Å². The molecule has 0 radical (unpaired) electrons. The van der Waals surface area contributed by atoms with E-state index in [1.165, 1.54) is 0 Å². The number of nitrogens with zero attached hydrogens (tertiary/aromatic N) is 1. The maximum absolute atomic E-state index is 12.9. The Morgan fingerprint density at radius 2 is 1.89 bits per heavy atom. The van der Waals surface area contributed by atoms with Crippen LogP contribution < -0.4 is 9.47 Å². The van der Waals surface area contributed by atoms with Crippen LogP contribution in [0.25, 0.3) is 0 Å². The van der Waals surface area contributed by atoms with Crippen LogP contribution in [0.15, 0.2) is 54.6 Å². The normalized spacial score (nSPS) is 19.3. The first kappa shape index (κ1) is 20.2. The minimum atomic E-state index is -0.302. The van der Waals surface area contributed by atoms with Crippen LogP contribution in [0.4, 0.5) is 0 Å². The molecule has 0 unspecified atom stereocenters. The molecule has 5 heteroatoms. The van der Waals surface area contributed by atoms with Gasteiger partial charge in [-0.2, -0.15) is 0 Å². The molecule has 1 saturated heterocycles. The molecule has 1 heterocycles. The van der Waals surface area contributed by atoms with Gasteiger partial charge in [-0.3, -0.25) is 4.79 Å². The Bertz CT molecular complexity index is 764. The van der Waals surface area contributed by atoms with Gasteiger partial charge in [0, 0.05) is 24.1 Å². The fraction of sp³-hybridized carbons (Fsp3) is 0.435. The summed E-state index contributed by atoms with van der Waals surface area (Å²) in [5.41, 5.74) is 0.589. The molecule has 1 aliphatic rings. The minimum Gasteiger partial charge on any atom is -0.496 e. The van der Waals surface area contributed by atoms with Crippen LogP contribution in [0.2, 0.25) is 0 Å². The maximum Gasteiger partial charge on any atom is 0.227 e. The van der Waals surface area contributed by atoms with Gasteiger partial charge in [0.25, 0.3) is 0 Å². The second-order valence-electron chi connectivity index (χ2n) is 7.48. The molecule has 0 aliphatic carbocycles. The number of hydrogen-bond donors (Lipinski definition) is 1. The number of amides is 1. The number of likely N-dealkylation sites (tertiary alicyclic amines) is 1. The Morgan fingerprint density at radius 1 is 1.14 bits per heavy atom. The molecule has 1 atom stereocenters. The highest BCUT2D eigenvalue weighted by Gasteiger charge is 2.36. The smallest absolute Gasteiger partial charge is 0.227 e. The highest BCUT2D eigenvalue weighted by atomic mass is 16.5. The van der Waals surface area contributed by atoms with Crippen molar-refractivity contribution in [2.75, 3.05) is 33.4 Å². The predicted octanol–water partition coefficient (Wildman–Crippen LogP) is 3.31. The van der Waals surface area contributed by atoms with Crippen molar-refractivity contribution in [3.8, 4) is 11.5 Å². The van der Waals surface area contributed by atoms with Crippen molar-refractivity contribution >= 4 is 5.91 Å². The molecular formula is C23H29NO4. The molecule has 0 bridgehead atoms. The lowest BCUT2D eigenvalue weighted by Crippen LogP contribution is -2.49. The summed E-state index contributed by atoms with van der Waals surface area (Å²) in [6, 6.07) is 17.3. The van der Waals surface area contributed by atoms with E-state index in [1.807, 2.05) is 59.5 Å². The summed E-state index contributed by atoms with van der Waals surface area (Å²) < 4.78 is 11.2. The lowest BCUT2D eigenvalue weighted by Gasteiger charge is -2.42. The number of ether oxygens (including phenoxy) is 2. The minimum absolute atomic E-state index is 0.0591. The molecule has 0 saturated carbocycles. The Balaban J connectivity index is 1.59. The molecule has 2 aromatic carbocycles. The molecule has 1 aliphatic heterocycles. The predicted molar refractivity (Wildman–Crippen MR) is 109 cm³/mol. The lowest BCUT2D eigenvalue weighted by molar-refractivity contribution is -0.135. The largest absolute Gasteiger partial charge is 0.496 e. The van der Waals surface area contributed by atoms with Gasteiger partial charge in [0.2, 0.25) is 5.91 Å². The second-order valence-corrected chi connectivity index (χ2v) is 7.48. The van der Waals surface area contributed by atoms with Gasteiger partial charge in [0.15, 0.2) is 0 Å². The zero-order chi connectivity index (χ0) is 19.8. The lowest BCUT2D eigenvalue weighted by atomic mass is 9.78. The SMILES string of the molecule is COc1ccccc1CC(=O)N1CCC[C@@](CO)(CCOc2ccccc2)C1. The summed E-state index contributed by atoms with van der Waals surface area (Å²) >= 11 is 0. The summed E-state index contributed by atoms with van der Waals surface area (Å²) in [4.78, 5) is 14.8. The number of aliphatic hydroxyl groups is 1. The number of carbonyl (C=O) groups excluding carboxylic acids is 1. The summed E-state index contributed by atoms with van der Waals surface area (Å²) in [6.45, 7) is 1.88. The average Bonchev–Trinajstić information content (AvgIpc) is 2.75. The fourth-order valence-electron chi connectivity index (χ4n) is 3.86. The Labute approximate surface area is 166 Å². The number of carbonyl (C=O) groups is 1. The molecule has 0 spiro atoms. The van der Waals surface area contributed by atoms with E-state index in [2.05, 4.69) is 0 Å². The Hall–Kier alpha value is -2.53. The number of para-hydroxylation sites is 2. The maximum atomic E-state index is 12.9. The van der Waals surface area contributed by atoms with E-state index >= 15 is 0 Å². The van der Waals surface area contributed by atoms with Crippen LogP contribution in [0.3, 0.4) is 0 Å². The summed E-state index contributed by atoms with van der Waals surface area (Å²) in [5, 5.41) is 10.1. The molecule has 0 aromatic heterocycles. The molecule has 3 rings (SSSR count). The van der Waals surface area contributed by atoms with Gasteiger partial charge in [-0.1, -0.05) is 36.4 Å². The standard InChI is InChI=1S/C23H29NO4/c1-27-21-11-6-5-8-19(21)16-22(26)24-14-7-12-23(17-24,18-25)13-15-28-20-9-3-2-4-10-20/h2-6,8-11,25H,7,12-18H2,1H3/t23-/m1/s1. The zero-order valence-electron chi connectivity index (χ0n) is 16.5. The van der Waals surface area contributed by atoms with E-state index < -0.39 is 0 Å². The zero-order valence-corrected chi connectivity index (χ0v) is 16.5. The van der Waals surface area contributed by atoms with E-state index in [0.29, 0.717) is 19.6 Å². The molecule has 1 N–H and O–H groups in total. The quantitative estimate of drug-likeness (QED) is 0.760. The van der Waals surface area contributed by atoms with Crippen molar-refractivity contribution in [1.82, 2.24) is 4.90 Å². The summed E-state index contributed by atoms with van der Waals surface area (Å²) in [7, 11) is 1.62. The van der Waals surface area contributed by atoms with Gasteiger partial charge < -0.3 is 19.5 Å². The van der Waals surface area contributed by atoms with Crippen LogP contribution in [0.5, 0.6) is 11.5 Å². The number of piperidine rings is 1. The van der Waals surface area contributed by atoms with Crippen molar-refractivity contribution in [1.29, 1.82) is 0 Å². The molecule has 1 amide bonds. The first-order valence-corrected chi connectivity index (χ1v) is 9.84. The van der Waals surface area contributed by atoms with Gasteiger partial charge in [-0.05, 0) is 37.5 Å². The third-order valence-corrected chi connectivity index (χ3v) is 5.53. The number of rotatable bonds is 8. The molecule has 5 nitrogen and oxygen atoms in total. The summed E-state index contributed by atoms with van der Waals surface area (Å²) in [6.07, 6.45) is 2.83. The molecule has 28 heavy (non-hydrogen) atoms. The summed E-state index contributed by atoms with van der Waals surface area (Å²) in [5.74, 6) is 1.64. The van der Waals surface area contributed by atoms with Crippen molar-refractivity contribution < 1.29 is 19.4 Å². The first-order valence-electron chi connectivity index (χ1n) is 9.84. The molecule has 2 aromatic rings. The Morgan fingerprint density at radius 3 is 2.64 bits per heavy atom. The van der Waals surface area contributed by atoms with E-state index in [1.54, 1.807) is 7.11 Å². The fourth-order valence-corrected chi connectivity index (χ4v) is 3.86. The third kappa shape index (κ3) is 5.04. The van der Waals surface area contributed by atoms with E-state index in [4.69, 9.17) is 9.47 Å².